The van der Waals surface area contributed by atoms with Gasteiger partial charge in [-0.2, -0.15) is 17.9 Å². The van der Waals surface area contributed by atoms with E-state index < -0.39 is 39.4 Å². The lowest BCUT2D eigenvalue weighted by Crippen LogP contribution is -2.44. The molecule has 2 heterocycles. The number of hydrogen-bond acceptors (Lipinski definition) is 7. The maximum Gasteiger partial charge on any atom is 0.452 e. The summed E-state index contributed by atoms with van der Waals surface area (Å²) >= 11 is 0.633. The highest BCUT2D eigenvalue weighted by atomic mass is 32.2. The van der Waals surface area contributed by atoms with Gasteiger partial charge >= 0.3 is 12.1 Å². The van der Waals surface area contributed by atoms with Crippen molar-refractivity contribution in [2.24, 2.45) is 0 Å². The van der Waals surface area contributed by atoms with Gasteiger partial charge in [-0.15, -0.1) is 11.3 Å². The third kappa shape index (κ3) is 4.94. The van der Waals surface area contributed by atoms with Crippen molar-refractivity contribution >= 4 is 33.2 Å². The topological polar surface area (TPSA) is 139 Å². The number of benzene rings is 1. The predicted molar refractivity (Wildman–Crippen MR) is 117 cm³/mol. The maximum atomic E-state index is 13.0. The Morgan fingerprint density at radius 2 is 1.91 bits per heavy atom. The number of aromatic nitrogens is 1. The van der Waals surface area contributed by atoms with E-state index in [0.29, 0.717) is 28.5 Å². The molecule has 3 N–H and O–H groups in total. The van der Waals surface area contributed by atoms with Crippen LogP contribution in [-0.4, -0.2) is 43.1 Å². The van der Waals surface area contributed by atoms with Crippen LogP contribution in [0.5, 0.6) is 0 Å². The molecule has 9 nitrogen and oxygen atoms in total. The third-order valence-electron chi connectivity index (χ3n) is 5.57. The first-order valence-corrected chi connectivity index (χ1v) is 12.4. The van der Waals surface area contributed by atoms with Gasteiger partial charge in [-0.25, -0.2) is 8.42 Å². The highest BCUT2D eigenvalue weighted by molar-refractivity contribution is 7.91. The fourth-order valence-corrected chi connectivity index (χ4v) is 6.28. The Morgan fingerprint density at radius 3 is 2.49 bits per heavy atom. The summed E-state index contributed by atoms with van der Waals surface area (Å²) in [5.41, 5.74) is -0.673. The van der Waals surface area contributed by atoms with Gasteiger partial charge in [0.25, 0.3) is 10.0 Å². The predicted octanol–water partition coefficient (Wildman–Crippen LogP) is 3.00. The number of carbonyl (C=O) groups excluding carboxylic acids is 1. The number of aliphatic carboxylic acids is 1. The van der Waals surface area contributed by atoms with Gasteiger partial charge in [-0.3, -0.25) is 9.59 Å². The van der Waals surface area contributed by atoms with Crippen LogP contribution in [0, 0.1) is 0 Å². The molecule has 4 rings (SSSR count). The van der Waals surface area contributed by atoms with E-state index in [9.17, 15) is 36.3 Å². The van der Waals surface area contributed by atoms with Crippen LogP contribution in [0.4, 0.5) is 13.2 Å². The van der Waals surface area contributed by atoms with E-state index in [1.54, 1.807) is 24.3 Å². The van der Waals surface area contributed by atoms with Crippen LogP contribution in [0.1, 0.15) is 29.2 Å². The van der Waals surface area contributed by atoms with E-state index >= 15 is 0 Å². The summed E-state index contributed by atoms with van der Waals surface area (Å²) in [5.74, 6) is -3.51. The standard InChI is InChI=1S/C21H18F3N3O6S2/c1-25-17(28)8-11-2-4-12(5-3-11)13-10-20(13,19(29)30)27-35(31,32)18-7-6-15(34-18)14-9-16(33-26-14)21(22,23)24/h2-7,9,13,27H,8,10H2,1H3,(H,25,28)(H,29,30)/t13-,20-/m1/s1. The summed E-state index contributed by atoms with van der Waals surface area (Å²) in [7, 11) is -2.81. The first-order valence-electron chi connectivity index (χ1n) is 10.1. The lowest BCUT2D eigenvalue weighted by atomic mass is 10.0. The zero-order valence-corrected chi connectivity index (χ0v) is 19.6. The molecule has 1 amide bonds. The van der Waals surface area contributed by atoms with E-state index in [4.69, 9.17) is 0 Å². The first-order chi connectivity index (χ1) is 16.4. The average molecular weight is 530 g/mol. The van der Waals surface area contributed by atoms with Gasteiger partial charge in [0.05, 0.1) is 11.3 Å². The second kappa shape index (κ2) is 8.77. The summed E-state index contributed by atoms with van der Waals surface area (Å²) in [6, 6.07) is 9.71. The van der Waals surface area contributed by atoms with Crippen molar-refractivity contribution in [2.75, 3.05) is 7.05 Å². The van der Waals surface area contributed by atoms with Crippen molar-refractivity contribution in [3.05, 3.63) is 59.4 Å². The van der Waals surface area contributed by atoms with Crippen LogP contribution in [0.15, 0.2) is 51.2 Å². The number of nitrogens with one attached hydrogen (secondary N) is 2. The van der Waals surface area contributed by atoms with Crippen LogP contribution >= 0.6 is 11.3 Å². The molecule has 0 spiro atoms. The lowest BCUT2D eigenvalue weighted by Gasteiger charge is -2.15. The molecule has 1 fully saturated rings. The Labute approximate surface area is 201 Å². The number of thiophene rings is 1. The van der Waals surface area contributed by atoms with Crippen molar-refractivity contribution in [1.82, 2.24) is 15.2 Å². The molecular weight excluding hydrogens is 511 g/mol. The molecule has 0 unspecified atom stereocenters. The number of nitrogens with zero attached hydrogens (tertiary/aromatic N) is 1. The van der Waals surface area contributed by atoms with Crippen molar-refractivity contribution in [3.8, 4) is 10.6 Å². The van der Waals surface area contributed by atoms with Crippen LogP contribution in [0.3, 0.4) is 0 Å². The fraction of sp³-hybridized carbons (Fsp3) is 0.286. The van der Waals surface area contributed by atoms with Gasteiger partial charge in [0.1, 0.15) is 15.4 Å². The third-order valence-corrected chi connectivity index (χ3v) is 8.68. The molecule has 2 aromatic heterocycles. The van der Waals surface area contributed by atoms with Gasteiger partial charge in [0.15, 0.2) is 0 Å². The minimum atomic E-state index is -4.74. The second-order valence-electron chi connectivity index (χ2n) is 7.92. The van der Waals surface area contributed by atoms with Crippen molar-refractivity contribution in [2.45, 2.75) is 34.7 Å². The molecule has 0 saturated heterocycles. The smallest absolute Gasteiger partial charge is 0.452 e. The fourth-order valence-electron chi connectivity index (χ4n) is 3.62. The zero-order chi connectivity index (χ0) is 25.6. The van der Waals surface area contributed by atoms with Crippen LogP contribution in [-0.2, 0) is 32.2 Å². The summed E-state index contributed by atoms with van der Waals surface area (Å²) in [6.07, 6.45) is -4.59. The van der Waals surface area contributed by atoms with E-state index in [1.165, 1.54) is 13.1 Å². The molecule has 1 aliphatic rings. The van der Waals surface area contributed by atoms with Gasteiger partial charge in [-0.1, -0.05) is 29.4 Å². The molecular formula is C21H18F3N3O6S2. The van der Waals surface area contributed by atoms with E-state index in [-0.39, 0.29) is 33.5 Å². The lowest BCUT2D eigenvalue weighted by molar-refractivity contribution is -0.155. The number of carboxylic acid groups (broad SMARTS) is 1. The molecule has 1 aliphatic carbocycles. The SMILES string of the molecule is CNC(=O)Cc1ccc([C@H]2C[C@]2(NS(=O)(=O)c2ccc(-c3cc(C(F)(F)F)on3)s2)C(=O)O)cc1. The Hall–Kier alpha value is -3.23. The Balaban J connectivity index is 1.53. The molecule has 2 atom stereocenters. The molecule has 0 radical (unpaired) electrons. The van der Waals surface area contributed by atoms with E-state index in [2.05, 4.69) is 19.7 Å². The highest BCUT2D eigenvalue weighted by Gasteiger charge is 2.63. The normalized spacial score (nSPS) is 19.9. The van der Waals surface area contributed by atoms with Crippen molar-refractivity contribution in [3.63, 3.8) is 0 Å². The summed E-state index contributed by atoms with van der Waals surface area (Å²) in [6.45, 7) is 0. The monoisotopic (exact) mass is 529 g/mol. The first kappa shape index (κ1) is 24.9. The van der Waals surface area contributed by atoms with Crippen molar-refractivity contribution in [1.29, 1.82) is 0 Å². The largest absolute Gasteiger partial charge is 0.480 e. The number of alkyl halides is 3. The molecule has 35 heavy (non-hydrogen) atoms. The Bertz CT molecular complexity index is 1380. The minimum Gasteiger partial charge on any atom is -0.480 e. The summed E-state index contributed by atoms with van der Waals surface area (Å²) in [5, 5.41) is 15.6. The average Bonchev–Trinajstić information content (AvgIpc) is 3.15. The zero-order valence-electron chi connectivity index (χ0n) is 17.9. The number of sulfonamides is 1. The molecule has 14 heteroatoms. The van der Waals surface area contributed by atoms with Crippen LogP contribution in [0.2, 0.25) is 0 Å². The molecule has 3 aromatic rings. The maximum absolute atomic E-state index is 13.0. The number of carboxylic acids is 1. The molecule has 1 saturated carbocycles. The molecule has 0 aliphatic heterocycles. The van der Waals surface area contributed by atoms with Gasteiger partial charge < -0.3 is 14.9 Å². The summed E-state index contributed by atoms with van der Waals surface area (Å²) in [4.78, 5) is 23.7. The van der Waals surface area contributed by atoms with Gasteiger partial charge in [0, 0.05) is 19.0 Å². The minimum absolute atomic E-state index is 0.00676. The van der Waals surface area contributed by atoms with E-state index in [1.807, 2.05) is 0 Å². The van der Waals surface area contributed by atoms with Crippen LogP contribution < -0.4 is 10.0 Å². The second-order valence-corrected chi connectivity index (χ2v) is 10.9. The number of halogens is 3. The van der Waals surface area contributed by atoms with E-state index in [0.717, 1.165) is 6.07 Å². The summed E-state index contributed by atoms with van der Waals surface area (Å²) < 4.78 is 70.4. The number of carbonyl (C=O) groups is 2. The Morgan fingerprint density at radius 1 is 1.23 bits per heavy atom. The van der Waals surface area contributed by atoms with Crippen LogP contribution in [0.25, 0.3) is 10.6 Å². The van der Waals surface area contributed by atoms with Gasteiger partial charge in [-0.05, 0) is 29.7 Å². The quantitative estimate of drug-likeness (QED) is 0.408. The van der Waals surface area contributed by atoms with Gasteiger partial charge in [0.2, 0.25) is 11.7 Å². The molecule has 1 aromatic carbocycles. The number of likely N-dealkylation sites (N-methyl/N-ethyl adjacent to an activating group) is 1. The van der Waals surface area contributed by atoms with Crippen molar-refractivity contribution < 1.29 is 40.8 Å². The Kier molecular flexibility index (Phi) is 6.23. The highest BCUT2D eigenvalue weighted by Crippen LogP contribution is 2.52. The molecule has 0 bridgehead atoms. The number of amides is 1. The molecule has 186 valence electrons. The number of rotatable bonds is 8. The number of hydrogen-bond donors (Lipinski definition) is 3.